The van der Waals surface area contributed by atoms with E-state index in [9.17, 15) is 9.90 Å². The number of nitrogens with zero attached hydrogens (tertiary/aromatic N) is 4. The lowest BCUT2D eigenvalue weighted by molar-refractivity contribution is -0.113. The zero-order valence-corrected chi connectivity index (χ0v) is 19.8. The summed E-state index contributed by atoms with van der Waals surface area (Å²) >= 11 is 1.52. The Morgan fingerprint density at radius 3 is 3.09 bits per heavy atom. The van der Waals surface area contributed by atoms with E-state index in [2.05, 4.69) is 30.5 Å². The molecule has 0 radical (unpaired) electrons. The van der Waals surface area contributed by atoms with Gasteiger partial charge in [-0.1, -0.05) is 0 Å². The number of aliphatic hydroxyl groups is 1. The Morgan fingerprint density at radius 2 is 2.21 bits per heavy atom. The predicted octanol–water partition coefficient (Wildman–Crippen LogP) is 2.22. The maximum absolute atomic E-state index is 11.6. The lowest BCUT2D eigenvalue weighted by Gasteiger charge is -2.21. The first-order chi connectivity index (χ1) is 16.6. The second-order valence-electron chi connectivity index (χ2n) is 8.67. The van der Waals surface area contributed by atoms with Gasteiger partial charge in [0.1, 0.15) is 5.82 Å². The highest BCUT2D eigenvalue weighted by atomic mass is 32.2. The molecule has 10 heteroatoms. The standard InChI is InChI=1S/C24H28N6O3S/c1-33-22-5-3-18-23(29-22)17(6-8-26-18)19(31)13-30-9-7-15(12-30)10-25-11-16-2-4-20-24(27-16)28-21(32)14-34-20/h2-6,8,15,19,25,31H,7,9-14H2,1H3,(H,27,28,32)/t15-,19+/m1/s1. The number of carbonyl (C=O) groups excluding carboxylic acids is 1. The second kappa shape index (κ2) is 10.2. The van der Waals surface area contributed by atoms with Crippen molar-refractivity contribution in [3.8, 4) is 5.88 Å². The summed E-state index contributed by atoms with van der Waals surface area (Å²) in [7, 11) is 1.58. The summed E-state index contributed by atoms with van der Waals surface area (Å²) < 4.78 is 5.24. The van der Waals surface area contributed by atoms with Crippen LogP contribution in [0.25, 0.3) is 11.0 Å². The van der Waals surface area contributed by atoms with Crippen molar-refractivity contribution in [1.29, 1.82) is 0 Å². The molecule has 0 aromatic carbocycles. The van der Waals surface area contributed by atoms with Gasteiger partial charge in [-0.25, -0.2) is 9.97 Å². The van der Waals surface area contributed by atoms with Gasteiger partial charge in [0.15, 0.2) is 0 Å². The molecule has 3 N–H and O–H groups in total. The Balaban J connectivity index is 1.13. The first-order valence-corrected chi connectivity index (χ1v) is 12.4. The molecule has 1 amide bonds. The number of aromatic nitrogens is 3. The molecule has 5 heterocycles. The van der Waals surface area contributed by atoms with Crippen LogP contribution in [0.2, 0.25) is 0 Å². The fraction of sp³-hybridized carbons (Fsp3) is 0.417. The van der Waals surface area contributed by atoms with E-state index in [1.54, 1.807) is 19.4 Å². The molecule has 3 aromatic rings. The third kappa shape index (κ3) is 5.15. The Labute approximate surface area is 202 Å². The minimum atomic E-state index is -0.649. The van der Waals surface area contributed by atoms with Crippen LogP contribution in [-0.2, 0) is 11.3 Å². The van der Waals surface area contributed by atoms with Crippen molar-refractivity contribution in [1.82, 2.24) is 25.2 Å². The molecule has 2 aliphatic rings. The highest BCUT2D eigenvalue weighted by Gasteiger charge is 2.25. The number of carbonyl (C=O) groups is 1. The number of anilines is 1. The monoisotopic (exact) mass is 480 g/mol. The number of hydrogen-bond donors (Lipinski definition) is 3. The summed E-state index contributed by atoms with van der Waals surface area (Å²) in [5.41, 5.74) is 3.11. The van der Waals surface area contributed by atoms with Crippen molar-refractivity contribution in [2.24, 2.45) is 5.92 Å². The van der Waals surface area contributed by atoms with Gasteiger partial charge in [0.25, 0.3) is 0 Å². The highest BCUT2D eigenvalue weighted by molar-refractivity contribution is 8.00. The van der Waals surface area contributed by atoms with Gasteiger partial charge < -0.3 is 25.4 Å². The summed E-state index contributed by atoms with van der Waals surface area (Å²) in [5, 5.41) is 17.3. The molecule has 0 saturated carbocycles. The lowest BCUT2D eigenvalue weighted by Crippen LogP contribution is -2.29. The molecule has 0 unspecified atom stereocenters. The number of β-amino-alcohol motifs (C(OH)–C–C–N with tert-alkyl or cyclic N) is 1. The molecule has 1 fully saturated rings. The van der Waals surface area contributed by atoms with Gasteiger partial charge in [0, 0.05) is 37.5 Å². The number of fused-ring (bicyclic) bond motifs is 2. The largest absolute Gasteiger partial charge is 0.481 e. The summed E-state index contributed by atoms with van der Waals surface area (Å²) in [4.78, 5) is 28.3. The number of pyridine rings is 3. The third-order valence-corrected chi connectivity index (χ3v) is 7.28. The Kier molecular flexibility index (Phi) is 6.91. The molecule has 0 spiro atoms. The Morgan fingerprint density at radius 1 is 1.29 bits per heavy atom. The average molecular weight is 481 g/mol. The number of aliphatic hydroxyl groups excluding tert-OH is 1. The Hall–Kier alpha value is -2.79. The lowest BCUT2D eigenvalue weighted by atomic mass is 10.1. The maximum Gasteiger partial charge on any atom is 0.235 e. The van der Waals surface area contributed by atoms with Crippen LogP contribution in [0, 0.1) is 5.92 Å². The van der Waals surface area contributed by atoms with Crippen molar-refractivity contribution in [2.45, 2.75) is 24.0 Å². The first-order valence-electron chi connectivity index (χ1n) is 11.4. The van der Waals surface area contributed by atoms with Crippen LogP contribution in [-0.4, -0.2) is 69.9 Å². The minimum Gasteiger partial charge on any atom is -0.481 e. The van der Waals surface area contributed by atoms with Crippen LogP contribution in [0.1, 0.15) is 23.8 Å². The van der Waals surface area contributed by atoms with Gasteiger partial charge in [-0.3, -0.25) is 9.78 Å². The molecule has 0 aliphatic carbocycles. The molecule has 2 atom stereocenters. The molecule has 0 bridgehead atoms. The number of rotatable bonds is 8. The molecular weight excluding hydrogens is 452 g/mol. The number of nitrogens with one attached hydrogen (secondary N) is 2. The number of amides is 1. The average Bonchev–Trinajstić information content (AvgIpc) is 3.30. The van der Waals surface area contributed by atoms with E-state index in [1.165, 1.54) is 11.8 Å². The number of hydrogen-bond acceptors (Lipinski definition) is 9. The second-order valence-corrected chi connectivity index (χ2v) is 9.69. The van der Waals surface area contributed by atoms with Gasteiger partial charge in [0.05, 0.1) is 40.6 Å². The van der Waals surface area contributed by atoms with E-state index in [0.717, 1.165) is 47.7 Å². The summed E-state index contributed by atoms with van der Waals surface area (Å²) in [6.07, 6.45) is 2.14. The van der Waals surface area contributed by atoms with Crippen LogP contribution >= 0.6 is 11.8 Å². The van der Waals surface area contributed by atoms with Gasteiger partial charge in [0.2, 0.25) is 11.8 Å². The SMILES string of the molecule is COc1ccc2nccc([C@@H](O)CN3CC[C@H](CNCc4ccc5c(n4)NC(=O)CS5)C3)c2n1. The quantitative estimate of drug-likeness (QED) is 0.447. The normalized spacial score (nSPS) is 19.1. The van der Waals surface area contributed by atoms with Crippen LogP contribution < -0.4 is 15.4 Å². The minimum absolute atomic E-state index is 0.00183. The molecule has 5 rings (SSSR count). The molecule has 1 saturated heterocycles. The van der Waals surface area contributed by atoms with Crippen LogP contribution in [0.5, 0.6) is 5.88 Å². The molecular formula is C24H28N6O3S. The fourth-order valence-electron chi connectivity index (χ4n) is 4.51. The zero-order chi connectivity index (χ0) is 23.5. The van der Waals surface area contributed by atoms with Crippen molar-refractivity contribution in [2.75, 3.05) is 44.4 Å². The summed E-state index contributed by atoms with van der Waals surface area (Å²) in [5.74, 6) is 2.12. The van der Waals surface area contributed by atoms with E-state index >= 15 is 0 Å². The zero-order valence-electron chi connectivity index (χ0n) is 19.0. The fourth-order valence-corrected chi connectivity index (χ4v) is 5.26. The van der Waals surface area contributed by atoms with Gasteiger partial charge in [-0.2, -0.15) is 0 Å². The molecule has 2 aliphatic heterocycles. The topological polar surface area (TPSA) is 113 Å². The van der Waals surface area contributed by atoms with E-state index in [4.69, 9.17) is 4.74 Å². The van der Waals surface area contributed by atoms with Crippen LogP contribution in [0.15, 0.2) is 41.4 Å². The first kappa shape index (κ1) is 23.0. The Bertz CT molecular complexity index is 1190. The van der Waals surface area contributed by atoms with Crippen molar-refractivity contribution in [3.05, 3.63) is 47.8 Å². The smallest absolute Gasteiger partial charge is 0.235 e. The molecule has 9 nitrogen and oxygen atoms in total. The maximum atomic E-state index is 11.6. The van der Waals surface area contributed by atoms with E-state index < -0.39 is 6.10 Å². The van der Waals surface area contributed by atoms with Gasteiger partial charge in [-0.05, 0) is 49.7 Å². The van der Waals surface area contributed by atoms with Crippen molar-refractivity contribution < 1.29 is 14.6 Å². The van der Waals surface area contributed by atoms with Gasteiger partial charge in [-0.15, -0.1) is 11.8 Å². The van der Waals surface area contributed by atoms with E-state index in [-0.39, 0.29) is 5.91 Å². The number of thioether (sulfide) groups is 1. The number of likely N-dealkylation sites (tertiary alicyclic amines) is 1. The van der Waals surface area contributed by atoms with Crippen LogP contribution in [0.4, 0.5) is 5.82 Å². The summed E-state index contributed by atoms with van der Waals surface area (Å²) in [6.45, 7) is 3.96. The van der Waals surface area contributed by atoms with Gasteiger partial charge >= 0.3 is 0 Å². The molecule has 34 heavy (non-hydrogen) atoms. The van der Waals surface area contributed by atoms with Crippen LogP contribution in [0.3, 0.4) is 0 Å². The van der Waals surface area contributed by atoms with Crippen molar-refractivity contribution in [3.63, 3.8) is 0 Å². The highest BCUT2D eigenvalue weighted by Crippen LogP contribution is 2.30. The van der Waals surface area contributed by atoms with E-state index in [1.807, 2.05) is 24.3 Å². The van der Waals surface area contributed by atoms with Crippen molar-refractivity contribution >= 4 is 34.5 Å². The predicted molar refractivity (Wildman–Crippen MR) is 131 cm³/mol. The summed E-state index contributed by atoms with van der Waals surface area (Å²) in [6, 6.07) is 9.50. The number of methoxy groups -OCH3 is 1. The number of ether oxygens (including phenoxy) is 1. The molecule has 178 valence electrons. The third-order valence-electron chi connectivity index (χ3n) is 6.23. The molecule has 3 aromatic heterocycles. The van der Waals surface area contributed by atoms with E-state index in [0.29, 0.717) is 42.0 Å².